The highest BCUT2D eigenvalue weighted by Gasteiger charge is 2.37. The molecule has 3 aromatic carbocycles. The van der Waals surface area contributed by atoms with Crippen LogP contribution in [0.25, 0.3) is 28.3 Å². The zero-order valence-electron chi connectivity index (χ0n) is 22.9. The number of nitrogen functional groups attached to an aromatic ring is 1. The summed E-state index contributed by atoms with van der Waals surface area (Å²) in [6.45, 7) is 1.88. The quantitative estimate of drug-likeness (QED) is 0.216. The summed E-state index contributed by atoms with van der Waals surface area (Å²) >= 11 is 0. The summed E-state index contributed by atoms with van der Waals surface area (Å²) in [5, 5.41) is 23.3. The molecule has 44 heavy (non-hydrogen) atoms. The molecule has 1 atom stereocenters. The van der Waals surface area contributed by atoms with E-state index in [0.29, 0.717) is 35.8 Å². The molecule has 0 saturated carbocycles. The van der Waals surface area contributed by atoms with Gasteiger partial charge in [-0.3, -0.25) is 9.69 Å². The average Bonchev–Trinajstić information content (AvgIpc) is 3.74. The Morgan fingerprint density at radius 3 is 2.57 bits per heavy atom. The van der Waals surface area contributed by atoms with Crippen LogP contribution in [-0.4, -0.2) is 55.1 Å². The third kappa shape index (κ3) is 6.02. The summed E-state index contributed by atoms with van der Waals surface area (Å²) in [6, 6.07) is 17.7. The molecule has 4 N–H and O–H groups in total. The van der Waals surface area contributed by atoms with Crippen LogP contribution in [0.2, 0.25) is 0 Å². The number of nitrogens with two attached hydrogens (primary N) is 1. The van der Waals surface area contributed by atoms with Gasteiger partial charge in [-0.05, 0) is 53.4 Å². The fourth-order valence-electron chi connectivity index (χ4n) is 5.12. The molecular weight excluding hydrogens is 582 g/mol. The van der Waals surface area contributed by atoms with E-state index in [0.717, 1.165) is 17.7 Å². The minimum atomic E-state index is -4.87. The number of benzene rings is 3. The average molecular weight is 608 g/mol. The monoisotopic (exact) mass is 607 g/mol. The van der Waals surface area contributed by atoms with Crippen LogP contribution in [0.4, 0.5) is 29.3 Å². The van der Waals surface area contributed by atoms with Gasteiger partial charge in [-0.15, -0.1) is 5.10 Å². The molecule has 1 aliphatic rings. The molecule has 6 rings (SSSR count). The van der Waals surface area contributed by atoms with Crippen molar-refractivity contribution in [1.29, 1.82) is 0 Å². The van der Waals surface area contributed by atoms with Crippen molar-refractivity contribution in [2.75, 3.05) is 24.1 Å². The third-order valence-corrected chi connectivity index (χ3v) is 7.20. The molecule has 1 unspecified atom stereocenters. The van der Waals surface area contributed by atoms with Crippen molar-refractivity contribution in [3.05, 3.63) is 95.6 Å². The number of hydrogen-bond acceptors (Lipinski definition) is 8. The summed E-state index contributed by atoms with van der Waals surface area (Å²) in [6.07, 6.45) is -4.55. The number of carbonyl (C=O) groups excluding carboxylic acids is 1. The fourth-order valence-corrected chi connectivity index (χ4v) is 5.12. The van der Waals surface area contributed by atoms with Crippen molar-refractivity contribution in [3.63, 3.8) is 0 Å². The van der Waals surface area contributed by atoms with E-state index < -0.39 is 29.3 Å². The zero-order chi connectivity index (χ0) is 31.0. The van der Waals surface area contributed by atoms with Crippen LogP contribution < -0.4 is 11.1 Å². The summed E-state index contributed by atoms with van der Waals surface area (Å²) in [4.78, 5) is 15.1. The van der Waals surface area contributed by atoms with Gasteiger partial charge in [0.05, 0.1) is 17.5 Å². The number of amides is 1. The number of β-amino-alcohol motifs (C(OH)–C–C–N with tert-alkyl or cyclic N) is 1. The van der Waals surface area contributed by atoms with Crippen LogP contribution in [0.15, 0.2) is 77.2 Å². The third-order valence-electron chi connectivity index (χ3n) is 7.20. The van der Waals surface area contributed by atoms with Crippen molar-refractivity contribution in [2.45, 2.75) is 25.2 Å². The standard InChI is InChI=1S/C30H25F4N7O3/c31-23-13-17(22-7-2-1-4-19(22)15-40-11-10-21(42)16-40)8-9-24(23)36-27(43)25-14-26(30(32,33)34)41(39-25)20-6-3-5-18(12-20)28-37-38-29(35)44-28/h1-9,12-14,21,42H,10-11,15-16H2,(H2,35,38)(H,36,43). The van der Waals surface area contributed by atoms with Crippen molar-refractivity contribution in [3.8, 4) is 28.3 Å². The van der Waals surface area contributed by atoms with Gasteiger partial charge in [0, 0.05) is 31.3 Å². The van der Waals surface area contributed by atoms with Gasteiger partial charge in [0.15, 0.2) is 5.69 Å². The Hall–Kier alpha value is -5.08. The van der Waals surface area contributed by atoms with E-state index in [1.165, 1.54) is 36.4 Å². The molecule has 1 fully saturated rings. The normalized spacial score (nSPS) is 15.5. The van der Waals surface area contributed by atoms with Gasteiger partial charge in [0.2, 0.25) is 5.89 Å². The summed E-state index contributed by atoms with van der Waals surface area (Å²) < 4.78 is 62.9. The van der Waals surface area contributed by atoms with Gasteiger partial charge in [-0.2, -0.15) is 18.3 Å². The highest BCUT2D eigenvalue weighted by molar-refractivity contribution is 6.03. The van der Waals surface area contributed by atoms with E-state index in [-0.39, 0.29) is 34.9 Å². The first-order valence-electron chi connectivity index (χ1n) is 13.5. The molecule has 226 valence electrons. The number of aromatic nitrogens is 4. The number of nitrogens with zero attached hydrogens (tertiary/aromatic N) is 5. The van der Waals surface area contributed by atoms with Crippen molar-refractivity contribution >= 4 is 17.6 Å². The lowest BCUT2D eigenvalue weighted by Gasteiger charge is -2.18. The number of halogens is 4. The molecule has 0 aliphatic carbocycles. The molecule has 0 bridgehead atoms. The predicted octanol–water partition coefficient (Wildman–Crippen LogP) is 5.15. The Bertz CT molecular complexity index is 1840. The molecule has 1 amide bonds. The Morgan fingerprint density at radius 2 is 1.86 bits per heavy atom. The Labute approximate surface area is 247 Å². The van der Waals surface area contributed by atoms with Gasteiger partial charge >= 0.3 is 12.2 Å². The molecule has 5 aromatic rings. The fraction of sp³-hybridized carbons (Fsp3) is 0.200. The summed E-state index contributed by atoms with van der Waals surface area (Å²) in [5.41, 5.74) is 5.95. The molecule has 1 aliphatic heterocycles. The first-order chi connectivity index (χ1) is 21.0. The van der Waals surface area contributed by atoms with E-state index >= 15 is 4.39 Å². The maximum Gasteiger partial charge on any atom is 0.433 e. The predicted molar refractivity (Wildman–Crippen MR) is 152 cm³/mol. The van der Waals surface area contributed by atoms with Crippen LogP contribution in [0.1, 0.15) is 28.2 Å². The number of anilines is 2. The first kappa shape index (κ1) is 29.0. The Balaban J connectivity index is 1.25. The largest absolute Gasteiger partial charge is 0.433 e. The molecule has 0 spiro atoms. The van der Waals surface area contributed by atoms with E-state index in [1.807, 2.05) is 24.3 Å². The van der Waals surface area contributed by atoms with Crippen LogP contribution >= 0.6 is 0 Å². The maximum absolute atomic E-state index is 15.3. The lowest BCUT2D eigenvalue weighted by molar-refractivity contribution is -0.142. The lowest BCUT2D eigenvalue weighted by atomic mass is 9.99. The van der Waals surface area contributed by atoms with Crippen molar-refractivity contribution < 1.29 is 31.9 Å². The highest BCUT2D eigenvalue weighted by Crippen LogP contribution is 2.33. The van der Waals surface area contributed by atoms with Gasteiger partial charge in [-0.25, -0.2) is 9.07 Å². The number of hydrogen-bond donors (Lipinski definition) is 3. The number of carbonyl (C=O) groups is 1. The van der Waals surface area contributed by atoms with Crippen LogP contribution in [0.5, 0.6) is 0 Å². The second kappa shape index (κ2) is 11.5. The molecular formula is C30H25F4N7O3. The maximum atomic E-state index is 15.3. The molecule has 10 nitrogen and oxygen atoms in total. The van der Waals surface area contributed by atoms with Gasteiger partial charge in [-0.1, -0.05) is 41.5 Å². The Kier molecular flexibility index (Phi) is 7.61. The first-order valence-corrected chi connectivity index (χ1v) is 13.5. The number of nitrogens with one attached hydrogen (secondary N) is 1. The molecule has 2 aromatic heterocycles. The topological polar surface area (TPSA) is 135 Å². The second-order valence-corrected chi connectivity index (χ2v) is 10.3. The molecule has 3 heterocycles. The minimum Gasteiger partial charge on any atom is -0.404 e. The van der Waals surface area contributed by atoms with Crippen molar-refractivity contribution in [1.82, 2.24) is 24.9 Å². The lowest BCUT2D eigenvalue weighted by Crippen LogP contribution is -2.21. The zero-order valence-corrected chi connectivity index (χ0v) is 22.9. The minimum absolute atomic E-state index is 0.0144. The van der Waals surface area contributed by atoms with Crippen LogP contribution in [-0.2, 0) is 12.7 Å². The second-order valence-electron chi connectivity index (χ2n) is 10.3. The van der Waals surface area contributed by atoms with Crippen LogP contribution in [0.3, 0.4) is 0 Å². The molecule has 1 saturated heterocycles. The van der Waals surface area contributed by atoms with E-state index in [1.54, 1.807) is 6.07 Å². The Morgan fingerprint density at radius 1 is 1.05 bits per heavy atom. The summed E-state index contributed by atoms with van der Waals surface area (Å²) in [7, 11) is 0. The number of aliphatic hydroxyl groups excluding tert-OH is 1. The molecule has 14 heteroatoms. The number of rotatable bonds is 7. The van der Waals surface area contributed by atoms with Crippen molar-refractivity contribution in [2.24, 2.45) is 0 Å². The number of likely N-dealkylation sites (tertiary alicyclic amines) is 1. The van der Waals surface area contributed by atoms with E-state index in [2.05, 4.69) is 25.5 Å². The van der Waals surface area contributed by atoms with E-state index in [4.69, 9.17) is 10.2 Å². The van der Waals surface area contributed by atoms with Gasteiger partial charge < -0.3 is 20.6 Å². The SMILES string of the molecule is Nc1nnc(-c2cccc(-n3nc(C(=O)Nc4ccc(-c5ccccc5CN5CCC(O)C5)cc4F)cc3C(F)(F)F)c2)o1. The smallest absolute Gasteiger partial charge is 0.404 e. The van der Waals surface area contributed by atoms with Gasteiger partial charge in [0.25, 0.3) is 5.91 Å². The highest BCUT2D eigenvalue weighted by atomic mass is 19.4. The van der Waals surface area contributed by atoms with Crippen LogP contribution in [0, 0.1) is 5.82 Å². The number of aliphatic hydroxyl groups is 1. The van der Waals surface area contributed by atoms with Gasteiger partial charge in [0.1, 0.15) is 11.5 Å². The molecule has 0 radical (unpaired) electrons. The van der Waals surface area contributed by atoms with E-state index in [9.17, 15) is 23.1 Å². The number of alkyl halides is 3. The summed E-state index contributed by atoms with van der Waals surface area (Å²) in [5.74, 6) is -1.82.